The van der Waals surface area contributed by atoms with Gasteiger partial charge < -0.3 is 15.0 Å². The molecule has 0 saturated carbocycles. The number of nitrogens with one attached hydrogen (secondary N) is 1. The Hall–Kier alpha value is -2.37. The Morgan fingerprint density at radius 3 is 2.57 bits per heavy atom. The fraction of sp³-hybridized carbons (Fsp3) is 0.690. The Morgan fingerprint density at radius 2 is 1.91 bits per heavy atom. The number of allylic oxidation sites excluding steroid dienone is 4. The van der Waals surface area contributed by atoms with Crippen LogP contribution in [0, 0.1) is 17.8 Å². The van der Waals surface area contributed by atoms with Gasteiger partial charge in [0.2, 0.25) is 0 Å². The van der Waals surface area contributed by atoms with Crippen molar-refractivity contribution in [3.63, 3.8) is 0 Å². The van der Waals surface area contributed by atoms with Crippen LogP contribution in [0.15, 0.2) is 44.6 Å². The molecule has 1 N–H and O–H groups in total. The van der Waals surface area contributed by atoms with Crippen molar-refractivity contribution >= 4 is 17.8 Å². The van der Waals surface area contributed by atoms with E-state index in [-0.39, 0.29) is 18.1 Å². The second-order valence-electron chi connectivity index (χ2n) is 11.9. The Labute approximate surface area is 211 Å². The molecule has 4 rings (SSSR count). The molecule has 1 amide bonds. The Morgan fingerprint density at radius 1 is 1.20 bits per heavy atom. The SMILES string of the molecule is CC1=CC(C(C)N=C2NC(C)=NC3=C(C)C=C(C4CCN(C(=O)OC(C)(C)C)CC4)CC23)CCC1. The van der Waals surface area contributed by atoms with Crippen LogP contribution in [0.4, 0.5) is 4.79 Å². The molecule has 2 aliphatic heterocycles. The van der Waals surface area contributed by atoms with Crippen LogP contribution in [-0.4, -0.2) is 47.4 Å². The van der Waals surface area contributed by atoms with E-state index >= 15 is 0 Å². The maximum Gasteiger partial charge on any atom is 0.410 e. The van der Waals surface area contributed by atoms with E-state index in [1.54, 1.807) is 0 Å². The molecule has 192 valence electrons. The molecule has 0 aromatic carbocycles. The number of likely N-dealkylation sites (tertiary alicyclic amines) is 1. The summed E-state index contributed by atoms with van der Waals surface area (Å²) in [6.07, 6.45) is 11.2. The third-order valence-electron chi connectivity index (χ3n) is 7.74. The lowest BCUT2D eigenvalue weighted by atomic mass is 9.77. The zero-order chi connectivity index (χ0) is 25.3. The number of nitrogens with zero attached hydrogens (tertiary/aromatic N) is 3. The first-order chi connectivity index (χ1) is 16.5. The first-order valence-corrected chi connectivity index (χ1v) is 13.5. The van der Waals surface area contributed by atoms with E-state index in [0.717, 1.165) is 49.7 Å². The average Bonchev–Trinajstić information content (AvgIpc) is 2.78. The molecule has 6 heteroatoms. The van der Waals surface area contributed by atoms with Gasteiger partial charge in [0, 0.05) is 13.1 Å². The van der Waals surface area contributed by atoms with E-state index < -0.39 is 5.60 Å². The molecule has 2 heterocycles. The minimum absolute atomic E-state index is 0.191. The molecule has 3 unspecified atom stereocenters. The van der Waals surface area contributed by atoms with Crippen molar-refractivity contribution in [1.29, 1.82) is 0 Å². The van der Waals surface area contributed by atoms with Crippen LogP contribution in [0.1, 0.15) is 87.0 Å². The third-order valence-corrected chi connectivity index (χ3v) is 7.74. The van der Waals surface area contributed by atoms with Gasteiger partial charge in [0.05, 0.1) is 17.7 Å². The van der Waals surface area contributed by atoms with Gasteiger partial charge in [-0.25, -0.2) is 9.79 Å². The minimum Gasteiger partial charge on any atom is -0.444 e. The van der Waals surface area contributed by atoms with E-state index in [2.05, 4.69) is 38.2 Å². The summed E-state index contributed by atoms with van der Waals surface area (Å²) < 4.78 is 5.59. The van der Waals surface area contributed by atoms with Crippen LogP contribution in [0.25, 0.3) is 0 Å². The summed E-state index contributed by atoms with van der Waals surface area (Å²) in [4.78, 5) is 24.5. The number of hydrogen-bond donors (Lipinski definition) is 1. The summed E-state index contributed by atoms with van der Waals surface area (Å²) in [7, 11) is 0. The number of piperidine rings is 1. The number of hydrogen-bond acceptors (Lipinski definition) is 4. The van der Waals surface area contributed by atoms with Crippen molar-refractivity contribution in [2.75, 3.05) is 13.1 Å². The second-order valence-corrected chi connectivity index (χ2v) is 11.9. The molecular formula is C29H44N4O2. The second kappa shape index (κ2) is 10.3. The monoisotopic (exact) mass is 480 g/mol. The molecule has 0 aromatic heterocycles. The number of ether oxygens (including phenoxy) is 1. The number of fused-ring (bicyclic) bond motifs is 1. The van der Waals surface area contributed by atoms with Gasteiger partial charge in [0.1, 0.15) is 17.3 Å². The summed E-state index contributed by atoms with van der Waals surface area (Å²) >= 11 is 0. The molecule has 3 atom stereocenters. The topological polar surface area (TPSA) is 66.3 Å². The molecule has 2 aliphatic carbocycles. The fourth-order valence-corrected chi connectivity index (χ4v) is 5.90. The summed E-state index contributed by atoms with van der Waals surface area (Å²) in [6, 6.07) is 0.256. The maximum atomic E-state index is 12.5. The lowest BCUT2D eigenvalue weighted by molar-refractivity contribution is 0.0193. The normalized spacial score (nSPS) is 28.0. The van der Waals surface area contributed by atoms with Gasteiger partial charge in [-0.1, -0.05) is 23.3 Å². The quantitative estimate of drug-likeness (QED) is 0.475. The molecule has 1 saturated heterocycles. The standard InChI is InChI=1S/C29H44N4O2/c1-18-9-8-10-23(15-18)20(3)30-27-25-17-24(16-19(2)26(25)31-21(4)32-27)22-11-13-33(14-12-22)28(34)35-29(5,6)7/h15-16,20,22-23,25H,8-14,17H2,1-7H3,(H,30,31,32). The zero-order valence-electron chi connectivity index (χ0n) is 22.8. The van der Waals surface area contributed by atoms with Gasteiger partial charge in [0.25, 0.3) is 0 Å². The summed E-state index contributed by atoms with van der Waals surface area (Å²) in [6.45, 7) is 16.0. The zero-order valence-corrected chi connectivity index (χ0v) is 22.8. The number of aliphatic imine (C=N–C) groups is 2. The largest absolute Gasteiger partial charge is 0.444 e. The molecule has 0 aromatic rings. The van der Waals surface area contributed by atoms with Crippen molar-refractivity contribution in [3.05, 3.63) is 34.6 Å². The van der Waals surface area contributed by atoms with Gasteiger partial charge in [-0.3, -0.25) is 4.99 Å². The first kappa shape index (κ1) is 25.7. The number of amides is 1. The lowest BCUT2D eigenvalue weighted by Gasteiger charge is -2.38. The summed E-state index contributed by atoms with van der Waals surface area (Å²) in [5, 5.41) is 3.53. The molecule has 0 bridgehead atoms. The Balaban J connectivity index is 1.48. The molecule has 0 radical (unpaired) electrons. The number of carbonyl (C=O) groups excluding carboxylic acids is 1. The van der Waals surface area contributed by atoms with E-state index in [9.17, 15) is 4.79 Å². The smallest absolute Gasteiger partial charge is 0.410 e. The van der Waals surface area contributed by atoms with Crippen LogP contribution in [0.5, 0.6) is 0 Å². The van der Waals surface area contributed by atoms with Gasteiger partial charge in [0.15, 0.2) is 0 Å². The molecule has 6 nitrogen and oxygen atoms in total. The van der Waals surface area contributed by atoms with Crippen molar-refractivity contribution in [2.24, 2.45) is 27.7 Å². The number of amidine groups is 2. The molecule has 1 fully saturated rings. The maximum absolute atomic E-state index is 12.5. The van der Waals surface area contributed by atoms with Crippen molar-refractivity contribution in [2.45, 2.75) is 98.6 Å². The fourth-order valence-electron chi connectivity index (χ4n) is 5.90. The van der Waals surface area contributed by atoms with Crippen molar-refractivity contribution in [3.8, 4) is 0 Å². The highest BCUT2D eigenvalue weighted by Gasteiger charge is 2.35. The van der Waals surface area contributed by atoms with E-state index in [0.29, 0.717) is 11.8 Å². The summed E-state index contributed by atoms with van der Waals surface area (Å²) in [5.74, 6) is 3.20. The van der Waals surface area contributed by atoms with E-state index in [1.807, 2.05) is 32.6 Å². The highest BCUT2D eigenvalue weighted by atomic mass is 16.6. The van der Waals surface area contributed by atoms with Gasteiger partial charge in [-0.2, -0.15) is 0 Å². The predicted molar refractivity (Wildman–Crippen MR) is 144 cm³/mol. The number of carbonyl (C=O) groups is 1. The molecule has 4 aliphatic rings. The average molecular weight is 481 g/mol. The van der Waals surface area contributed by atoms with Crippen LogP contribution in [-0.2, 0) is 4.74 Å². The Kier molecular flexibility index (Phi) is 7.58. The molecule has 0 spiro atoms. The third kappa shape index (κ3) is 6.25. The Bertz CT molecular complexity index is 987. The molecule has 35 heavy (non-hydrogen) atoms. The molecular weight excluding hydrogens is 436 g/mol. The van der Waals surface area contributed by atoms with E-state index in [1.165, 1.54) is 36.0 Å². The van der Waals surface area contributed by atoms with Crippen LogP contribution >= 0.6 is 0 Å². The highest BCUT2D eigenvalue weighted by molar-refractivity contribution is 6.05. The van der Waals surface area contributed by atoms with Crippen molar-refractivity contribution in [1.82, 2.24) is 10.2 Å². The number of rotatable bonds is 3. The minimum atomic E-state index is -0.455. The van der Waals surface area contributed by atoms with Gasteiger partial charge >= 0.3 is 6.09 Å². The first-order valence-electron chi connectivity index (χ1n) is 13.5. The summed E-state index contributed by atoms with van der Waals surface area (Å²) in [5.41, 5.74) is 4.94. The van der Waals surface area contributed by atoms with Crippen LogP contribution in [0.2, 0.25) is 0 Å². The van der Waals surface area contributed by atoms with Gasteiger partial charge in [-0.05, 0) is 104 Å². The predicted octanol–water partition coefficient (Wildman–Crippen LogP) is 6.41. The van der Waals surface area contributed by atoms with Crippen molar-refractivity contribution < 1.29 is 9.53 Å². The van der Waals surface area contributed by atoms with Crippen LogP contribution < -0.4 is 5.32 Å². The van der Waals surface area contributed by atoms with E-state index in [4.69, 9.17) is 14.7 Å². The van der Waals surface area contributed by atoms with Gasteiger partial charge in [-0.15, -0.1) is 0 Å². The van der Waals surface area contributed by atoms with Crippen LogP contribution in [0.3, 0.4) is 0 Å². The lowest BCUT2D eigenvalue weighted by Crippen LogP contribution is -2.44. The highest BCUT2D eigenvalue weighted by Crippen LogP contribution is 2.39.